The zero-order valence-electron chi connectivity index (χ0n) is 9.78. The summed E-state index contributed by atoms with van der Waals surface area (Å²) in [6.45, 7) is 2.22. The number of hydrogen-bond donors (Lipinski definition) is 0. The molecule has 0 saturated heterocycles. The topological polar surface area (TPSA) is 35.5 Å². The van der Waals surface area contributed by atoms with Gasteiger partial charge in [0, 0.05) is 4.90 Å². The predicted octanol–water partition coefficient (Wildman–Crippen LogP) is 2.52. The minimum Gasteiger partial charge on any atom is -0.496 e. The van der Waals surface area contributed by atoms with Crippen LogP contribution in [0.3, 0.4) is 0 Å². The largest absolute Gasteiger partial charge is 0.496 e. The quantitative estimate of drug-likeness (QED) is 0.585. The van der Waals surface area contributed by atoms with Gasteiger partial charge in [0.2, 0.25) is 0 Å². The first-order valence-corrected chi connectivity index (χ1v) is 6.30. The summed E-state index contributed by atoms with van der Waals surface area (Å²) in [4.78, 5) is 12.4. The zero-order chi connectivity index (χ0) is 12.0. The van der Waals surface area contributed by atoms with Gasteiger partial charge in [-0.15, -0.1) is 11.8 Å². The summed E-state index contributed by atoms with van der Waals surface area (Å²) < 4.78 is 10.1. The fourth-order valence-corrected chi connectivity index (χ4v) is 1.92. The molecule has 0 saturated carbocycles. The van der Waals surface area contributed by atoms with Crippen molar-refractivity contribution >= 4 is 17.7 Å². The lowest BCUT2D eigenvalue weighted by atomic mass is 10.1. The highest BCUT2D eigenvalue weighted by molar-refractivity contribution is 7.98. The highest BCUT2D eigenvalue weighted by Crippen LogP contribution is 2.28. The van der Waals surface area contributed by atoms with E-state index in [1.54, 1.807) is 25.8 Å². The van der Waals surface area contributed by atoms with E-state index in [2.05, 4.69) is 0 Å². The molecule has 0 heterocycles. The molecule has 0 unspecified atom stereocenters. The van der Waals surface area contributed by atoms with Gasteiger partial charge in [0.1, 0.15) is 5.75 Å². The van der Waals surface area contributed by atoms with Gasteiger partial charge in [0.25, 0.3) is 0 Å². The molecule has 16 heavy (non-hydrogen) atoms. The Morgan fingerprint density at radius 2 is 2.19 bits per heavy atom. The highest BCUT2D eigenvalue weighted by atomic mass is 32.2. The van der Waals surface area contributed by atoms with Crippen molar-refractivity contribution in [1.29, 1.82) is 0 Å². The van der Waals surface area contributed by atoms with E-state index < -0.39 is 0 Å². The van der Waals surface area contributed by atoms with Crippen molar-refractivity contribution < 1.29 is 14.3 Å². The van der Waals surface area contributed by atoms with Crippen molar-refractivity contribution in [3.63, 3.8) is 0 Å². The highest BCUT2D eigenvalue weighted by Gasteiger charge is 2.07. The Bertz CT molecular complexity index is 363. The fraction of sp³-hybridized carbons (Fsp3) is 0.417. The number of methoxy groups -OCH3 is 1. The second-order valence-electron chi connectivity index (χ2n) is 3.17. The lowest BCUT2D eigenvalue weighted by molar-refractivity contribution is -0.142. The van der Waals surface area contributed by atoms with E-state index in [4.69, 9.17) is 9.47 Å². The third-order valence-electron chi connectivity index (χ3n) is 2.10. The van der Waals surface area contributed by atoms with Gasteiger partial charge >= 0.3 is 5.97 Å². The average Bonchev–Trinajstić information content (AvgIpc) is 2.29. The van der Waals surface area contributed by atoms with Crippen LogP contribution in [0.1, 0.15) is 12.5 Å². The van der Waals surface area contributed by atoms with E-state index in [9.17, 15) is 4.79 Å². The van der Waals surface area contributed by atoms with Gasteiger partial charge in [-0.05, 0) is 30.9 Å². The number of carbonyl (C=O) groups is 1. The van der Waals surface area contributed by atoms with Crippen LogP contribution < -0.4 is 4.74 Å². The van der Waals surface area contributed by atoms with E-state index in [1.165, 1.54) is 0 Å². The summed E-state index contributed by atoms with van der Waals surface area (Å²) >= 11 is 1.62. The molecule has 0 aromatic heterocycles. The SMILES string of the molecule is CCOC(=O)Cc1ccc(SC)c(OC)c1. The van der Waals surface area contributed by atoms with Gasteiger partial charge in [-0.2, -0.15) is 0 Å². The molecule has 0 atom stereocenters. The van der Waals surface area contributed by atoms with Crippen molar-refractivity contribution in [2.45, 2.75) is 18.2 Å². The molecular formula is C12H16O3S. The summed E-state index contributed by atoms with van der Waals surface area (Å²) in [7, 11) is 1.63. The maximum absolute atomic E-state index is 11.3. The third kappa shape index (κ3) is 3.45. The summed E-state index contributed by atoms with van der Waals surface area (Å²) in [5.74, 6) is 0.593. The minimum absolute atomic E-state index is 0.207. The first kappa shape index (κ1) is 12.9. The Labute approximate surface area is 100 Å². The van der Waals surface area contributed by atoms with Gasteiger partial charge < -0.3 is 9.47 Å². The van der Waals surface area contributed by atoms with E-state index in [1.807, 2.05) is 24.5 Å². The van der Waals surface area contributed by atoms with E-state index >= 15 is 0 Å². The van der Waals surface area contributed by atoms with Gasteiger partial charge in [-0.3, -0.25) is 4.79 Å². The number of carbonyl (C=O) groups excluding carboxylic acids is 1. The van der Waals surface area contributed by atoms with Crippen molar-refractivity contribution in [1.82, 2.24) is 0 Å². The maximum atomic E-state index is 11.3. The van der Waals surface area contributed by atoms with E-state index in [0.717, 1.165) is 16.2 Å². The van der Waals surface area contributed by atoms with Gasteiger partial charge in [-0.25, -0.2) is 0 Å². The van der Waals surface area contributed by atoms with E-state index in [0.29, 0.717) is 13.0 Å². The van der Waals surface area contributed by atoms with Crippen molar-refractivity contribution in [3.05, 3.63) is 23.8 Å². The predicted molar refractivity (Wildman–Crippen MR) is 65.1 cm³/mol. The Balaban J connectivity index is 2.78. The van der Waals surface area contributed by atoms with Gasteiger partial charge in [-0.1, -0.05) is 6.07 Å². The van der Waals surface area contributed by atoms with Crippen LogP contribution in [-0.2, 0) is 16.0 Å². The standard InChI is InChI=1S/C12H16O3S/c1-4-15-12(13)8-9-5-6-11(16-3)10(7-9)14-2/h5-7H,4,8H2,1-3H3. The lowest BCUT2D eigenvalue weighted by Crippen LogP contribution is -2.07. The van der Waals surface area contributed by atoms with Crippen LogP contribution in [0.15, 0.2) is 23.1 Å². The molecule has 1 aromatic carbocycles. The molecule has 4 heteroatoms. The fourth-order valence-electron chi connectivity index (χ4n) is 1.37. The average molecular weight is 240 g/mol. The Kier molecular flexibility index (Phi) is 5.19. The summed E-state index contributed by atoms with van der Waals surface area (Å²) in [6.07, 6.45) is 2.28. The molecule has 0 aliphatic carbocycles. The minimum atomic E-state index is -0.207. The number of ether oxygens (including phenoxy) is 2. The zero-order valence-corrected chi connectivity index (χ0v) is 10.6. The van der Waals surface area contributed by atoms with Crippen LogP contribution in [0.4, 0.5) is 0 Å². The molecule has 1 rings (SSSR count). The molecule has 1 aromatic rings. The molecule has 0 aliphatic rings. The summed E-state index contributed by atoms with van der Waals surface area (Å²) in [5.41, 5.74) is 0.910. The normalized spacial score (nSPS) is 9.94. The second kappa shape index (κ2) is 6.43. The Morgan fingerprint density at radius 3 is 2.75 bits per heavy atom. The lowest BCUT2D eigenvalue weighted by Gasteiger charge is -2.08. The molecule has 0 amide bonds. The van der Waals surface area contributed by atoms with Crippen LogP contribution in [0.25, 0.3) is 0 Å². The summed E-state index contributed by atoms with van der Waals surface area (Å²) in [5, 5.41) is 0. The van der Waals surface area contributed by atoms with Crippen LogP contribution >= 0.6 is 11.8 Å². The number of benzene rings is 1. The van der Waals surface area contributed by atoms with Crippen LogP contribution in [0.2, 0.25) is 0 Å². The van der Waals surface area contributed by atoms with Crippen molar-refractivity contribution in [3.8, 4) is 5.75 Å². The molecular weight excluding hydrogens is 224 g/mol. The van der Waals surface area contributed by atoms with Crippen LogP contribution in [-0.4, -0.2) is 25.9 Å². The molecule has 3 nitrogen and oxygen atoms in total. The van der Waals surface area contributed by atoms with Crippen LogP contribution in [0, 0.1) is 0 Å². The number of rotatable bonds is 5. The first-order chi connectivity index (χ1) is 7.71. The Hall–Kier alpha value is -1.16. The molecule has 0 spiro atoms. The van der Waals surface area contributed by atoms with E-state index in [-0.39, 0.29) is 5.97 Å². The summed E-state index contributed by atoms with van der Waals surface area (Å²) in [6, 6.07) is 5.76. The van der Waals surface area contributed by atoms with Crippen LogP contribution in [0.5, 0.6) is 5.75 Å². The smallest absolute Gasteiger partial charge is 0.310 e. The molecule has 0 radical (unpaired) electrons. The molecule has 0 bridgehead atoms. The monoisotopic (exact) mass is 240 g/mol. The molecule has 0 fully saturated rings. The van der Waals surface area contributed by atoms with Gasteiger partial charge in [0.05, 0.1) is 20.1 Å². The van der Waals surface area contributed by atoms with Crippen molar-refractivity contribution in [2.24, 2.45) is 0 Å². The second-order valence-corrected chi connectivity index (χ2v) is 4.02. The number of esters is 1. The Morgan fingerprint density at radius 1 is 1.44 bits per heavy atom. The molecule has 88 valence electrons. The molecule has 0 N–H and O–H groups in total. The number of hydrogen-bond acceptors (Lipinski definition) is 4. The first-order valence-electron chi connectivity index (χ1n) is 5.07. The molecule has 0 aliphatic heterocycles. The maximum Gasteiger partial charge on any atom is 0.310 e. The third-order valence-corrected chi connectivity index (χ3v) is 2.88. The van der Waals surface area contributed by atoms with Crippen molar-refractivity contribution in [2.75, 3.05) is 20.0 Å². The van der Waals surface area contributed by atoms with Gasteiger partial charge in [0.15, 0.2) is 0 Å². The number of thioether (sulfide) groups is 1.